The molecule has 4 N–H and O–H groups in total. The van der Waals surface area contributed by atoms with Crippen LogP contribution < -0.4 is 11.1 Å². The van der Waals surface area contributed by atoms with E-state index in [-0.39, 0.29) is 12.5 Å². The molecule has 0 spiro atoms. The van der Waals surface area contributed by atoms with Gasteiger partial charge in [-0.3, -0.25) is 9.59 Å². The number of rotatable bonds is 6. The fourth-order valence-corrected chi connectivity index (χ4v) is 2.87. The van der Waals surface area contributed by atoms with Gasteiger partial charge in [-0.25, -0.2) is 0 Å². The molecule has 1 atom stereocenters. The molecule has 20 heavy (non-hydrogen) atoms. The number of aliphatic carboxylic acids is 1. The van der Waals surface area contributed by atoms with E-state index in [2.05, 4.69) is 5.32 Å². The summed E-state index contributed by atoms with van der Waals surface area (Å²) in [5.41, 5.74) is 5.02. The smallest absolute Gasteiger partial charge is 0.311 e. The highest BCUT2D eigenvalue weighted by Crippen LogP contribution is 2.34. The lowest BCUT2D eigenvalue weighted by Gasteiger charge is -2.29. The molecule has 1 saturated carbocycles. The lowest BCUT2D eigenvalue weighted by atomic mass is 9.80. The maximum absolute atomic E-state index is 11.9. The first-order chi connectivity index (χ1) is 9.37. The predicted octanol–water partition coefficient (Wildman–Crippen LogP) is 1.90. The van der Waals surface area contributed by atoms with Crippen molar-refractivity contribution in [3.63, 3.8) is 0 Å². The standard InChI is InChI=1S/C15H28N2O3/c1-11(2)9-12(16)13(18)17-10-15(14(19)20)7-5-3-4-6-8-15/h11-12H,3-10,16H2,1-2H3,(H,17,18)(H,19,20)/t12-/m1/s1. The van der Waals surface area contributed by atoms with Crippen molar-refractivity contribution in [3.05, 3.63) is 0 Å². The van der Waals surface area contributed by atoms with E-state index in [0.717, 1.165) is 25.7 Å². The maximum atomic E-state index is 11.9. The molecule has 0 saturated heterocycles. The van der Waals surface area contributed by atoms with Crippen molar-refractivity contribution >= 4 is 11.9 Å². The van der Waals surface area contributed by atoms with Crippen molar-refractivity contribution in [3.8, 4) is 0 Å². The van der Waals surface area contributed by atoms with Gasteiger partial charge in [0.1, 0.15) is 0 Å². The van der Waals surface area contributed by atoms with E-state index >= 15 is 0 Å². The Morgan fingerprint density at radius 1 is 1.20 bits per heavy atom. The molecular formula is C15H28N2O3. The molecule has 0 aliphatic heterocycles. The van der Waals surface area contributed by atoms with Crippen LogP contribution in [0.4, 0.5) is 0 Å². The normalized spacial score (nSPS) is 20.2. The third-order valence-electron chi connectivity index (χ3n) is 4.18. The van der Waals surface area contributed by atoms with Crippen molar-refractivity contribution in [2.75, 3.05) is 6.54 Å². The van der Waals surface area contributed by atoms with Crippen LogP contribution in [0, 0.1) is 11.3 Å². The van der Waals surface area contributed by atoms with Crippen LogP contribution in [0.5, 0.6) is 0 Å². The Hall–Kier alpha value is -1.10. The van der Waals surface area contributed by atoms with Gasteiger partial charge in [-0.05, 0) is 25.2 Å². The molecule has 0 unspecified atom stereocenters. The number of carbonyl (C=O) groups is 2. The number of hydrogen-bond donors (Lipinski definition) is 3. The summed E-state index contributed by atoms with van der Waals surface area (Å²) in [7, 11) is 0. The second-order valence-electron chi connectivity index (χ2n) is 6.45. The molecule has 0 radical (unpaired) electrons. The summed E-state index contributed by atoms with van der Waals surface area (Å²) in [5.74, 6) is -0.678. The quantitative estimate of drug-likeness (QED) is 0.649. The minimum atomic E-state index is -0.802. The Kier molecular flexibility index (Phi) is 6.46. The second-order valence-corrected chi connectivity index (χ2v) is 6.45. The van der Waals surface area contributed by atoms with Crippen LogP contribution in [0.15, 0.2) is 0 Å². The van der Waals surface area contributed by atoms with Crippen molar-refractivity contribution < 1.29 is 14.7 Å². The zero-order chi connectivity index (χ0) is 15.2. The third-order valence-corrected chi connectivity index (χ3v) is 4.18. The van der Waals surface area contributed by atoms with E-state index in [1.807, 2.05) is 13.8 Å². The van der Waals surface area contributed by atoms with Crippen LogP contribution in [-0.2, 0) is 9.59 Å². The Morgan fingerprint density at radius 3 is 2.20 bits per heavy atom. The SMILES string of the molecule is CC(C)C[C@@H](N)C(=O)NCC1(C(=O)O)CCCCCC1. The Balaban J connectivity index is 2.58. The van der Waals surface area contributed by atoms with Gasteiger partial charge in [-0.1, -0.05) is 39.5 Å². The van der Waals surface area contributed by atoms with Crippen molar-refractivity contribution in [2.45, 2.75) is 64.8 Å². The average Bonchev–Trinajstić information content (AvgIpc) is 2.61. The highest BCUT2D eigenvalue weighted by Gasteiger charge is 2.39. The first kappa shape index (κ1) is 17.0. The Bertz CT molecular complexity index is 334. The minimum absolute atomic E-state index is 0.201. The Morgan fingerprint density at radius 2 is 1.75 bits per heavy atom. The van der Waals surface area contributed by atoms with Gasteiger partial charge in [0.25, 0.3) is 0 Å². The molecule has 5 heteroatoms. The lowest BCUT2D eigenvalue weighted by molar-refractivity contribution is -0.149. The average molecular weight is 284 g/mol. The summed E-state index contributed by atoms with van der Waals surface area (Å²) in [6, 6.07) is -0.549. The van der Waals surface area contributed by atoms with Gasteiger partial charge in [0, 0.05) is 6.54 Å². The van der Waals surface area contributed by atoms with E-state index < -0.39 is 17.4 Å². The molecule has 0 heterocycles. The first-order valence-corrected chi connectivity index (χ1v) is 7.64. The van der Waals surface area contributed by atoms with Crippen molar-refractivity contribution in [1.29, 1.82) is 0 Å². The van der Waals surface area contributed by atoms with Gasteiger partial charge < -0.3 is 16.2 Å². The number of hydrogen-bond acceptors (Lipinski definition) is 3. The van der Waals surface area contributed by atoms with Gasteiger partial charge in [-0.2, -0.15) is 0 Å². The zero-order valence-corrected chi connectivity index (χ0v) is 12.7. The maximum Gasteiger partial charge on any atom is 0.311 e. The van der Waals surface area contributed by atoms with Crippen molar-refractivity contribution in [2.24, 2.45) is 17.1 Å². The molecule has 1 fully saturated rings. The largest absolute Gasteiger partial charge is 0.481 e. The van der Waals surface area contributed by atoms with E-state index in [1.54, 1.807) is 0 Å². The van der Waals surface area contributed by atoms with Gasteiger partial charge in [0.15, 0.2) is 0 Å². The number of carboxylic acids is 1. The molecule has 1 amide bonds. The van der Waals surface area contributed by atoms with Crippen LogP contribution in [0.2, 0.25) is 0 Å². The minimum Gasteiger partial charge on any atom is -0.481 e. The molecule has 1 aliphatic rings. The summed E-state index contributed by atoms with van der Waals surface area (Å²) in [4.78, 5) is 23.5. The monoisotopic (exact) mass is 284 g/mol. The molecular weight excluding hydrogens is 256 g/mol. The van der Waals surface area contributed by atoms with Crippen LogP contribution in [0.25, 0.3) is 0 Å². The van der Waals surface area contributed by atoms with Crippen LogP contribution in [0.1, 0.15) is 58.8 Å². The third kappa shape index (κ3) is 4.78. The van der Waals surface area contributed by atoms with Crippen molar-refractivity contribution in [1.82, 2.24) is 5.32 Å². The summed E-state index contributed by atoms with van der Waals surface area (Å²) < 4.78 is 0. The molecule has 116 valence electrons. The molecule has 5 nitrogen and oxygen atoms in total. The number of nitrogens with one attached hydrogen (secondary N) is 1. The molecule has 1 rings (SSSR count). The van der Waals surface area contributed by atoms with E-state index in [4.69, 9.17) is 5.73 Å². The van der Waals surface area contributed by atoms with Crippen LogP contribution in [0.3, 0.4) is 0 Å². The molecule has 0 aromatic heterocycles. The second kappa shape index (κ2) is 7.62. The van der Waals surface area contributed by atoms with Gasteiger partial charge in [0.2, 0.25) is 5.91 Å². The van der Waals surface area contributed by atoms with Gasteiger partial charge in [0.05, 0.1) is 11.5 Å². The zero-order valence-electron chi connectivity index (χ0n) is 12.7. The number of carbonyl (C=O) groups excluding carboxylic acids is 1. The topological polar surface area (TPSA) is 92.4 Å². The number of amides is 1. The van der Waals surface area contributed by atoms with Gasteiger partial charge >= 0.3 is 5.97 Å². The molecule has 1 aliphatic carbocycles. The van der Waals surface area contributed by atoms with Gasteiger partial charge in [-0.15, -0.1) is 0 Å². The Labute approximate surface area is 121 Å². The molecule has 0 bridgehead atoms. The lowest BCUT2D eigenvalue weighted by Crippen LogP contribution is -2.48. The van der Waals surface area contributed by atoms with E-state index in [1.165, 1.54) is 0 Å². The first-order valence-electron chi connectivity index (χ1n) is 7.64. The summed E-state index contributed by atoms with van der Waals surface area (Å²) in [5, 5.41) is 12.3. The number of carboxylic acid groups (broad SMARTS) is 1. The fourth-order valence-electron chi connectivity index (χ4n) is 2.87. The molecule has 0 aromatic carbocycles. The predicted molar refractivity (Wildman–Crippen MR) is 78.2 cm³/mol. The van der Waals surface area contributed by atoms with Crippen LogP contribution >= 0.6 is 0 Å². The van der Waals surface area contributed by atoms with E-state index in [0.29, 0.717) is 25.2 Å². The summed E-state index contributed by atoms with van der Waals surface area (Å²) in [6.45, 7) is 4.22. The molecule has 0 aromatic rings. The summed E-state index contributed by atoms with van der Waals surface area (Å²) >= 11 is 0. The highest BCUT2D eigenvalue weighted by molar-refractivity contribution is 5.82. The van der Waals surface area contributed by atoms with E-state index in [9.17, 15) is 14.7 Å². The fraction of sp³-hybridized carbons (Fsp3) is 0.867. The highest BCUT2D eigenvalue weighted by atomic mass is 16.4. The van der Waals surface area contributed by atoms with Crippen LogP contribution in [-0.4, -0.2) is 29.6 Å². The number of nitrogens with two attached hydrogens (primary N) is 1. The summed E-state index contributed by atoms with van der Waals surface area (Å²) in [6.07, 6.45) is 5.89.